The van der Waals surface area contributed by atoms with Crippen LogP contribution in [0.5, 0.6) is 0 Å². The molecule has 0 fully saturated rings. The summed E-state index contributed by atoms with van der Waals surface area (Å²) in [4.78, 5) is 0. The smallest absolute Gasteiger partial charge is 0.123 e. The Bertz CT molecular complexity index is 533. The molecule has 2 aromatic carbocycles. The van der Waals surface area contributed by atoms with Crippen molar-refractivity contribution < 1.29 is 14.6 Å². The van der Waals surface area contributed by atoms with Gasteiger partial charge >= 0.3 is 0 Å². The third-order valence-electron chi connectivity index (χ3n) is 4.03. The first-order chi connectivity index (χ1) is 10.2. The molecule has 0 aliphatic heterocycles. The zero-order valence-corrected chi connectivity index (χ0v) is 12.0. The second-order valence-corrected chi connectivity index (χ2v) is 5.44. The van der Waals surface area contributed by atoms with Gasteiger partial charge in [0, 0.05) is 5.41 Å². The molecule has 2 nitrogen and oxygen atoms in total. The average Bonchev–Trinajstić information content (AvgIpc) is 2.54. The Morgan fingerprint density at radius 3 is 2.05 bits per heavy atom. The van der Waals surface area contributed by atoms with Crippen LogP contribution in [-0.4, -0.2) is 23.4 Å². The van der Waals surface area contributed by atoms with E-state index in [-0.39, 0.29) is 19.0 Å². The molecule has 0 atom stereocenters. The number of hydrogen-bond acceptors (Lipinski definition) is 2. The Morgan fingerprint density at radius 2 is 1.48 bits per heavy atom. The summed E-state index contributed by atoms with van der Waals surface area (Å²) in [5.41, 5.74) is 1.31. The quantitative estimate of drug-likeness (QED) is 0.822. The van der Waals surface area contributed by atoms with Crippen LogP contribution in [0.2, 0.25) is 0 Å². The zero-order valence-electron chi connectivity index (χ0n) is 12.0. The topological polar surface area (TPSA) is 40.5 Å². The number of benzene rings is 2. The van der Waals surface area contributed by atoms with Gasteiger partial charge in [0.1, 0.15) is 5.82 Å². The number of aliphatic hydroxyl groups is 2. The van der Waals surface area contributed by atoms with Gasteiger partial charge in [-0.3, -0.25) is 0 Å². The Kier molecular flexibility index (Phi) is 5.48. The molecule has 0 aliphatic carbocycles. The summed E-state index contributed by atoms with van der Waals surface area (Å²) in [6.45, 7) is -0.298. The van der Waals surface area contributed by atoms with E-state index in [1.165, 1.54) is 17.7 Å². The molecule has 0 unspecified atom stereocenters. The molecule has 0 bridgehead atoms. The predicted octanol–water partition coefficient (Wildman–Crippen LogP) is 3.07. The fraction of sp³-hybridized carbons (Fsp3) is 0.333. The molecular weight excluding hydrogens is 267 g/mol. The van der Waals surface area contributed by atoms with E-state index in [2.05, 4.69) is 12.1 Å². The van der Waals surface area contributed by atoms with E-state index in [4.69, 9.17) is 0 Å². The van der Waals surface area contributed by atoms with Crippen LogP contribution in [0.15, 0.2) is 54.6 Å². The molecule has 21 heavy (non-hydrogen) atoms. The third-order valence-corrected chi connectivity index (χ3v) is 4.03. The summed E-state index contributed by atoms with van der Waals surface area (Å²) in [6, 6.07) is 16.1. The SMILES string of the molecule is OCC(CO)(CCCc1ccccc1)c1ccc(F)cc1. The van der Waals surface area contributed by atoms with Crippen LogP contribution in [0, 0.1) is 5.82 Å². The highest BCUT2D eigenvalue weighted by Gasteiger charge is 2.30. The molecule has 2 N–H and O–H groups in total. The van der Waals surface area contributed by atoms with Crippen molar-refractivity contribution in [3.05, 3.63) is 71.5 Å². The van der Waals surface area contributed by atoms with Gasteiger partial charge in [-0.1, -0.05) is 42.5 Å². The van der Waals surface area contributed by atoms with Crippen LogP contribution in [0.3, 0.4) is 0 Å². The first-order valence-corrected chi connectivity index (χ1v) is 7.22. The molecule has 2 rings (SSSR count). The van der Waals surface area contributed by atoms with Crippen LogP contribution in [0.1, 0.15) is 24.0 Å². The number of hydrogen-bond donors (Lipinski definition) is 2. The lowest BCUT2D eigenvalue weighted by Gasteiger charge is -2.30. The van der Waals surface area contributed by atoms with E-state index in [1.807, 2.05) is 18.2 Å². The van der Waals surface area contributed by atoms with Crippen molar-refractivity contribution in [3.63, 3.8) is 0 Å². The lowest BCUT2D eigenvalue weighted by Crippen LogP contribution is -2.35. The number of aliphatic hydroxyl groups excluding tert-OH is 2. The lowest BCUT2D eigenvalue weighted by atomic mass is 9.77. The Labute approximate surface area is 124 Å². The second-order valence-electron chi connectivity index (χ2n) is 5.44. The third kappa shape index (κ3) is 3.90. The van der Waals surface area contributed by atoms with Gasteiger partial charge in [-0.05, 0) is 42.5 Å². The van der Waals surface area contributed by atoms with Gasteiger partial charge in [0.05, 0.1) is 13.2 Å². The maximum Gasteiger partial charge on any atom is 0.123 e. The van der Waals surface area contributed by atoms with E-state index in [9.17, 15) is 14.6 Å². The van der Waals surface area contributed by atoms with Gasteiger partial charge in [0.15, 0.2) is 0 Å². The molecule has 0 heterocycles. The zero-order chi connectivity index (χ0) is 15.1. The molecule has 3 heteroatoms. The van der Waals surface area contributed by atoms with Gasteiger partial charge in [0.25, 0.3) is 0 Å². The Morgan fingerprint density at radius 1 is 0.857 bits per heavy atom. The molecule has 0 saturated heterocycles. The van der Waals surface area contributed by atoms with Crippen LogP contribution in [0.25, 0.3) is 0 Å². The second kappa shape index (κ2) is 7.34. The molecule has 2 aromatic rings. The van der Waals surface area contributed by atoms with Gasteiger partial charge in [-0.15, -0.1) is 0 Å². The monoisotopic (exact) mass is 288 g/mol. The summed E-state index contributed by atoms with van der Waals surface area (Å²) >= 11 is 0. The summed E-state index contributed by atoms with van der Waals surface area (Å²) in [6.07, 6.45) is 2.40. The fourth-order valence-corrected chi connectivity index (χ4v) is 2.61. The van der Waals surface area contributed by atoms with Crippen LogP contribution in [0.4, 0.5) is 4.39 Å². The van der Waals surface area contributed by atoms with E-state index < -0.39 is 5.41 Å². The molecule has 0 saturated carbocycles. The first kappa shape index (κ1) is 15.7. The maximum atomic E-state index is 13.0. The van der Waals surface area contributed by atoms with E-state index in [1.54, 1.807) is 12.1 Å². The van der Waals surface area contributed by atoms with Crippen LogP contribution in [-0.2, 0) is 11.8 Å². The number of aryl methyl sites for hydroxylation is 1. The summed E-state index contributed by atoms with van der Waals surface area (Å²) in [7, 11) is 0. The van der Waals surface area contributed by atoms with Crippen molar-refractivity contribution in [2.45, 2.75) is 24.7 Å². The van der Waals surface area contributed by atoms with Crippen LogP contribution >= 0.6 is 0 Å². The van der Waals surface area contributed by atoms with E-state index >= 15 is 0 Å². The van der Waals surface area contributed by atoms with Crippen molar-refractivity contribution in [1.29, 1.82) is 0 Å². The highest BCUT2D eigenvalue weighted by Crippen LogP contribution is 2.29. The van der Waals surface area contributed by atoms with Gasteiger partial charge in [0.2, 0.25) is 0 Å². The van der Waals surface area contributed by atoms with Crippen LogP contribution < -0.4 is 0 Å². The van der Waals surface area contributed by atoms with Gasteiger partial charge in [-0.2, -0.15) is 0 Å². The van der Waals surface area contributed by atoms with Crippen molar-refractivity contribution >= 4 is 0 Å². The fourth-order valence-electron chi connectivity index (χ4n) is 2.61. The first-order valence-electron chi connectivity index (χ1n) is 7.22. The molecule has 0 radical (unpaired) electrons. The molecule has 112 valence electrons. The van der Waals surface area contributed by atoms with Crippen molar-refractivity contribution in [1.82, 2.24) is 0 Å². The lowest BCUT2D eigenvalue weighted by molar-refractivity contribution is 0.107. The molecule has 0 spiro atoms. The normalized spacial score (nSPS) is 11.6. The minimum Gasteiger partial charge on any atom is -0.395 e. The average molecular weight is 288 g/mol. The van der Waals surface area contributed by atoms with Gasteiger partial charge in [-0.25, -0.2) is 4.39 Å². The number of rotatable bonds is 7. The maximum absolute atomic E-state index is 13.0. The Balaban J connectivity index is 2.06. The molecular formula is C18H21FO2. The Hall–Kier alpha value is -1.71. The largest absolute Gasteiger partial charge is 0.395 e. The molecule has 0 aliphatic rings. The summed E-state index contributed by atoms with van der Waals surface area (Å²) < 4.78 is 13.0. The van der Waals surface area contributed by atoms with Gasteiger partial charge < -0.3 is 10.2 Å². The standard InChI is InChI=1S/C18H21FO2/c19-17-10-8-16(9-11-17)18(13-20,14-21)12-4-7-15-5-2-1-3-6-15/h1-3,5-6,8-11,20-21H,4,7,12-14H2. The van der Waals surface area contributed by atoms with E-state index in [0.717, 1.165) is 18.4 Å². The highest BCUT2D eigenvalue weighted by atomic mass is 19.1. The summed E-state index contributed by atoms with van der Waals surface area (Å²) in [5.74, 6) is -0.312. The minimum atomic E-state index is -0.706. The predicted molar refractivity (Wildman–Crippen MR) is 81.6 cm³/mol. The van der Waals surface area contributed by atoms with Crippen molar-refractivity contribution in [3.8, 4) is 0 Å². The van der Waals surface area contributed by atoms with E-state index in [0.29, 0.717) is 6.42 Å². The van der Waals surface area contributed by atoms with Crippen molar-refractivity contribution in [2.75, 3.05) is 13.2 Å². The minimum absolute atomic E-state index is 0.149. The van der Waals surface area contributed by atoms with Crippen molar-refractivity contribution in [2.24, 2.45) is 0 Å². The molecule has 0 aromatic heterocycles. The number of halogens is 1. The molecule has 0 amide bonds. The summed E-state index contributed by atoms with van der Waals surface area (Å²) in [5, 5.41) is 19.5. The highest BCUT2D eigenvalue weighted by molar-refractivity contribution is 5.26.